The van der Waals surface area contributed by atoms with E-state index in [1.165, 1.54) is 0 Å². The Balaban J connectivity index is 2.24. The van der Waals surface area contributed by atoms with Gasteiger partial charge in [0.15, 0.2) is 0 Å². The number of rotatable bonds is 1. The second kappa shape index (κ2) is 4.44. The summed E-state index contributed by atoms with van der Waals surface area (Å²) in [6.07, 6.45) is 0.880. The summed E-state index contributed by atoms with van der Waals surface area (Å²) in [5, 5.41) is 0.634. The first kappa shape index (κ1) is 11.4. The normalized spacial score (nSPS) is 20.2. The number of carbonyl (C=O) groups is 1. The zero-order valence-electron chi connectivity index (χ0n) is 9.24. The Morgan fingerprint density at radius 1 is 1.56 bits per heavy atom. The number of nitrogens with two attached hydrogens (primary N) is 1. The van der Waals surface area contributed by atoms with Crippen molar-refractivity contribution in [3.63, 3.8) is 0 Å². The van der Waals surface area contributed by atoms with E-state index in [1.54, 1.807) is 17.0 Å². The molecule has 1 unspecified atom stereocenters. The van der Waals surface area contributed by atoms with Crippen LogP contribution in [0.25, 0.3) is 0 Å². The molecule has 0 aliphatic carbocycles. The maximum Gasteiger partial charge on any atom is 0.254 e. The molecule has 1 aliphatic rings. The molecule has 0 bridgehead atoms. The molecule has 1 amide bonds. The molecule has 1 fully saturated rings. The lowest BCUT2D eigenvalue weighted by atomic mass is 10.1. The van der Waals surface area contributed by atoms with Crippen LogP contribution < -0.4 is 5.73 Å². The van der Waals surface area contributed by atoms with E-state index in [1.807, 2.05) is 13.0 Å². The SMILES string of the molecule is Cc1c(Cl)cccc1C(=O)N1CCC(N)C1. The van der Waals surface area contributed by atoms with Gasteiger partial charge in [-0.15, -0.1) is 0 Å². The van der Waals surface area contributed by atoms with Gasteiger partial charge in [0.05, 0.1) is 0 Å². The van der Waals surface area contributed by atoms with Crippen molar-refractivity contribution in [3.05, 3.63) is 34.3 Å². The molecule has 4 heteroatoms. The molecule has 1 saturated heterocycles. The van der Waals surface area contributed by atoms with Gasteiger partial charge in [-0.3, -0.25) is 4.79 Å². The number of amides is 1. The Labute approximate surface area is 100 Å². The van der Waals surface area contributed by atoms with Crippen LogP contribution in [0.4, 0.5) is 0 Å². The van der Waals surface area contributed by atoms with Crippen molar-refractivity contribution in [1.29, 1.82) is 0 Å². The second-order valence-corrected chi connectivity index (χ2v) is 4.62. The van der Waals surface area contributed by atoms with Gasteiger partial charge in [0.1, 0.15) is 0 Å². The lowest BCUT2D eigenvalue weighted by Gasteiger charge is -2.17. The van der Waals surface area contributed by atoms with Crippen molar-refractivity contribution in [1.82, 2.24) is 4.90 Å². The summed E-state index contributed by atoms with van der Waals surface area (Å²) in [6.45, 7) is 3.25. The molecule has 1 aliphatic heterocycles. The van der Waals surface area contributed by atoms with Gasteiger partial charge >= 0.3 is 0 Å². The summed E-state index contributed by atoms with van der Waals surface area (Å²) < 4.78 is 0. The van der Waals surface area contributed by atoms with Crippen molar-refractivity contribution >= 4 is 17.5 Å². The van der Waals surface area contributed by atoms with Gasteiger partial charge in [-0.25, -0.2) is 0 Å². The summed E-state index contributed by atoms with van der Waals surface area (Å²) in [7, 11) is 0. The van der Waals surface area contributed by atoms with Gasteiger partial charge < -0.3 is 10.6 Å². The Morgan fingerprint density at radius 3 is 2.94 bits per heavy atom. The van der Waals surface area contributed by atoms with E-state index < -0.39 is 0 Å². The highest BCUT2D eigenvalue weighted by atomic mass is 35.5. The summed E-state index contributed by atoms with van der Waals surface area (Å²) in [6, 6.07) is 5.53. The molecule has 0 radical (unpaired) electrons. The topological polar surface area (TPSA) is 46.3 Å². The fourth-order valence-corrected chi connectivity index (χ4v) is 2.16. The van der Waals surface area contributed by atoms with Gasteiger partial charge in [-0.1, -0.05) is 17.7 Å². The van der Waals surface area contributed by atoms with Crippen LogP contribution >= 0.6 is 11.6 Å². The van der Waals surface area contributed by atoms with Crippen molar-refractivity contribution in [3.8, 4) is 0 Å². The first-order valence-corrected chi connectivity index (χ1v) is 5.77. The molecule has 3 nitrogen and oxygen atoms in total. The van der Waals surface area contributed by atoms with E-state index in [-0.39, 0.29) is 11.9 Å². The molecular weight excluding hydrogens is 224 g/mol. The molecule has 0 spiro atoms. The van der Waals surface area contributed by atoms with Gasteiger partial charge in [0, 0.05) is 29.7 Å². The lowest BCUT2D eigenvalue weighted by molar-refractivity contribution is 0.0790. The van der Waals surface area contributed by atoms with Gasteiger partial charge in [0.25, 0.3) is 5.91 Å². The van der Waals surface area contributed by atoms with Crippen LogP contribution in [0.15, 0.2) is 18.2 Å². The minimum Gasteiger partial charge on any atom is -0.337 e. The highest BCUT2D eigenvalue weighted by Gasteiger charge is 2.25. The van der Waals surface area contributed by atoms with Crippen LogP contribution in [0.1, 0.15) is 22.3 Å². The van der Waals surface area contributed by atoms with E-state index in [0.29, 0.717) is 17.1 Å². The molecule has 2 rings (SSSR count). The van der Waals surface area contributed by atoms with Crippen LogP contribution in [-0.2, 0) is 0 Å². The second-order valence-electron chi connectivity index (χ2n) is 4.21. The Hall–Kier alpha value is -1.06. The number of benzene rings is 1. The zero-order chi connectivity index (χ0) is 11.7. The summed E-state index contributed by atoms with van der Waals surface area (Å²) in [5.74, 6) is 0.0351. The number of likely N-dealkylation sites (tertiary alicyclic amines) is 1. The highest BCUT2D eigenvalue weighted by molar-refractivity contribution is 6.31. The van der Waals surface area contributed by atoms with Gasteiger partial charge in [-0.2, -0.15) is 0 Å². The molecule has 86 valence electrons. The van der Waals surface area contributed by atoms with Crippen LogP contribution in [0.5, 0.6) is 0 Å². The molecule has 1 heterocycles. The largest absolute Gasteiger partial charge is 0.337 e. The predicted octanol–water partition coefficient (Wildman–Crippen LogP) is 1.82. The molecule has 16 heavy (non-hydrogen) atoms. The number of hydrogen-bond donors (Lipinski definition) is 1. The third-order valence-corrected chi connectivity index (χ3v) is 3.42. The molecule has 1 aromatic rings. The third kappa shape index (κ3) is 2.06. The minimum atomic E-state index is 0.0351. The molecular formula is C12H15ClN2O. The summed E-state index contributed by atoms with van der Waals surface area (Å²) >= 11 is 6.00. The summed E-state index contributed by atoms with van der Waals surface area (Å²) in [4.78, 5) is 14.0. The molecule has 0 saturated carbocycles. The van der Waals surface area contributed by atoms with Gasteiger partial charge in [-0.05, 0) is 31.0 Å². The third-order valence-electron chi connectivity index (χ3n) is 3.01. The summed E-state index contributed by atoms with van der Waals surface area (Å²) in [5.41, 5.74) is 7.31. The van der Waals surface area contributed by atoms with Crippen LogP contribution in [0.2, 0.25) is 5.02 Å². The van der Waals surface area contributed by atoms with Crippen molar-refractivity contribution in [2.45, 2.75) is 19.4 Å². The zero-order valence-corrected chi connectivity index (χ0v) is 10.00. The van der Waals surface area contributed by atoms with Crippen LogP contribution in [0, 0.1) is 6.92 Å². The fourth-order valence-electron chi connectivity index (χ4n) is 1.98. The first-order valence-electron chi connectivity index (χ1n) is 5.39. The van der Waals surface area contributed by atoms with Crippen LogP contribution in [0.3, 0.4) is 0 Å². The van der Waals surface area contributed by atoms with Crippen molar-refractivity contribution in [2.75, 3.05) is 13.1 Å². The van der Waals surface area contributed by atoms with E-state index in [4.69, 9.17) is 17.3 Å². The van der Waals surface area contributed by atoms with Crippen molar-refractivity contribution < 1.29 is 4.79 Å². The quantitative estimate of drug-likeness (QED) is 0.811. The fraction of sp³-hybridized carbons (Fsp3) is 0.417. The maximum absolute atomic E-state index is 12.2. The van der Waals surface area contributed by atoms with E-state index in [9.17, 15) is 4.79 Å². The first-order chi connectivity index (χ1) is 7.59. The average Bonchev–Trinajstić information content (AvgIpc) is 2.68. The Bertz CT molecular complexity index is 419. The Morgan fingerprint density at radius 2 is 2.31 bits per heavy atom. The maximum atomic E-state index is 12.2. The van der Waals surface area contributed by atoms with E-state index >= 15 is 0 Å². The smallest absolute Gasteiger partial charge is 0.254 e. The number of hydrogen-bond acceptors (Lipinski definition) is 2. The van der Waals surface area contributed by atoms with E-state index in [2.05, 4.69) is 0 Å². The molecule has 1 aromatic carbocycles. The van der Waals surface area contributed by atoms with Gasteiger partial charge in [0.2, 0.25) is 0 Å². The standard InChI is InChI=1S/C12H15ClN2O/c1-8-10(3-2-4-11(8)13)12(16)15-6-5-9(14)7-15/h2-4,9H,5-7,14H2,1H3. The average molecular weight is 239 g/mol. The molecule has 2 N–H and O–H groups in total. The minimum absolute atomic E-state index is 0.0351. The Kier molecular flexibility index (Phi) is 3.17. The highest BCUT2D eigenvalue weighted by Crippen LogP contribution is 2.21. The monoisotopic (exact) mass is 238 g/mol. The lowest BCUT2D eigenvalue weighted by Crippen LogP contribution is -2.32. The van der Waals surface area contributed by atoms with Crippen LogP contribution in [-0.4, -0.2) is 29.9 Å². The molecule has 1 atom stereocenters. The van der Waals surface area contributed by atoms with Crippen molar-refractivity contribution in [2.24, 2.45) is 5.73 Å². The predicted molar refractivity (Wildman–Crippen MR) is 64.7 cm³/mol. The number of nitrogens with zero attached hydrogens (tertiary/aromatic N) is 1. The number of carbonyl (C=O) groups excluding carboxylic acids is 1. The van der Waals surface area contributed by atoms with E-state index in [0.717, 1.165) is 18.5 Å². The molecule has 0 aromatic heterocycles. The number of halogens is 1.